The number of carbonyl (C=O) groups excluding carboxylic acids is 1. The lowest BCUT2D eigenvalue weighted by Gasteiger charge is -2.22. The molecule has 2 aromatic rings. The third-order valence-electron chi connectivity index (χ3n) is 4.73. The van der Waals surface area contributed by atoms with Crippen LogP contribution in [0.4, 0.5) is 37.8 Å². The first-order valence-electron chi connectivity index (χ1n) is 9.66. The molecule has 0 bridgehead atoms. The lowest BCUT2D eigenvalue weighted by molar-refractivity contribution is -0.274. The van der Waals surface area contributed by atoms with Crippen LogP contribution >= 0.6 is 0 Å². The number of anilines is 2. The van der Waals surface area contributed by atoms with E-state index in [9.17, 15) is 31.1 Å². The number of carbonyl (C=O) groups is 1. The van der Waals surface area contributed by atoms with E-state index < -0.39 is 18.1 Å². The summed E-state index contributed by atoms with van der Waals surface area (Å²) in [4.78, 5) is 20.0. The minimum Gasteiger partial charge on any atom is -0.406 e. The number of hydrogen-bond acceptors (Lipinski definition) is 5. The number of halogens is 6. The summed E-state index contributed by atoms with van der Waals surface area (Å²) >= 11 is 0. The zero-order valence-electron chi connectivity index (χ0n) is 16.7. The zero-order chi connectivity index (χ0) is 23.4. The van der Waals surface area contributed by atoms with Crippen LogP contribution in [-0.4, -0.2) is 54.9 Å². The maximum absolute atomic E-state index is 12.7. The summed E-state index contributed by atoms with van der Waals surface area (Å²) in [6.45, 7) is 2.22. The highest BCUT2D eigenvalue weighted by molar-refractivity contribution is 5.92. The summed E-state index contributed by atoms with van der Waals surface area (Å²) in [5.74, 6) is -0.291. The van der Waals surface area contributed by atoms with Crippen molar-refractivity contribution in [1.82, 2.24) is 9.88 Å². The Balaban J connectivity index is 1.50. The number of pyridine rings is 1. The number of hydrogen-bond donors (Lipinski definition) is 1. The number of nitrogens with zero attached hydrogens (tertiary/aromatic N) is 3. The molecule has 1 aromatic carbocycles. The quantitative estimate of drug-likeness (QED) is 0.677. The molecule has 1 aliphatic heterocycles. The van der Waals surface area contributed by atoms with Crippen molar-refractivity contribution in [2.24, 2.45) is 0 Å². The van der Waals surface area contributed by atoms with Gasteiger partial charge in [-0.15, -0.1) is 13.2 Å². The summed E-state index contributed by atoms with van der Waals surface area (Å²) in [6.07, 6.45) is -7.75. The van der Waals surface area contributed by atoms with Gasteiger partial charge in [-0.1, -0.05) is 0 Å². The van der Waals surface area contributed by atoms with Crippen molar-refractivity contribution in [2.75, 3.05) is 42.9 Å². The summed E-state index contributed by atoms with van der Waals surface area (Å²) in [6, 6.07) is 7.13. The molecule has 0 radical (unpaired) electrons. The van der Waals surface area contributed by atoms with Crippen LogP contribution in [0.3, 0.4) is 0 Å². The number of alkyl halides is 6. The van der Waals surface area contributed by atoms with Gasteiger partial charge in [-0.2, -0.15) is 13.2 Å². The van der Waals surface area contributed by atoms with E-state index in [1.54, 1.807) is 0 Å². The summed E-state index contributed by atoms with van der Waals surface area (Å²) in [7, 11) is 0. The molecular weight excluding hydrogens is 442 g/mol. The molecule has 1 aliphatic rings. The highest BCUT2D eigenvalue weighted by Gasteiger charge is 2.31. The van der Waals surface area contributed by atoms with Gasteiger partial charge >= 0.3 is 12.5 Å². The van der Waals surface area contributed by atoms with Crippen molar-refractivity contribution < 1.29 is 35.9 Å². The van der Waals surface area contributed by atoms with Crippen LogP contribution in [0, 0.1) is 0 Å². The van der Waals surface area contributed by atoms with E-state index in [-0.39, 0.29) is 18.2 Å². The minimum absolute atomic E-state index is 0.0646. The first kappa shape index (κ1) is 23.6. The fourth-order valence-corrected chi connectivity index (χ4v) is 3.24. The highest BCUT2D eigenvalue weighted by atomic mass is 19.4. The maximum atomic E-state index is 12.7. The first-order chi connectivity index (χ1) is 15.0. The Hall–Kier alpha value is -3.02. The summed E-state index contributed by atoms with van der Waals surface area (Å²) in [5, 5.41) is 2.61. The molecule has 32 heavy (non-hydrogen) atoms. The summed E-state index contributed by atoms with van der Waals surface area (Å²) < 4.78 is 78.4. The average molecular weight is 462 g/mol. The van der Waals surface area contributed by atoms with Gasteiger partial charge in [0, 0.05) is 38.1 Å². The molecule has 0 saturated carbocycles. The van der Waals surface area contributed by atoms with Crippen molar-refractivity contribution in [1.29, 1.82) is 0 Å². The molecule has 0 atom stereocenters. The van der Waals surface area contributed by atoms with E-state index in [2.05, 4.69) is 15.0 Å². The van der Waals surface area contributed by atoms with Gasteiger partial charge < -0.3 is 15.0 Å². The third kappa shape index (κ3) is 7.01. The second-order valence-electron chi connectivity index (χ2n) is 7.14. The molecule has 1 aromatic heterocycles. The third-order valence-corrected chi connectivity index (χ3v) is 4.73. The van der Waals surface area contributed by atoms with Crippen molar-refractivity contribution >= 4 is 17.4 Å². The largest absolute Gasteiger partial charge is 0.573 e. The van der Waals surface area contributed by atoms with Crippen LogP contribution in [0.5, 0.6) is 5.75 Å². The van der Waals surface area contributed by atoms with Gasteiger partial charge in [0.15, 0.2) is 0 Å². The predicted octanol–water partition coefficient (Wildman–Crippen LogP) is 4.15. The molecule has 0 unspecified atom stereocenters. The Morgan fingerprint density at radius 2 is 1.69 bits per heavy atom. The number of benzene rings is 1. The van der Waals surface area contributed by atoms with Gasteiger partial charge in [-0.3, -0.25) is 9.69 Å². The van der Waals surface area contributed by atoms with Crippen molar-refractivity contribution in [2.45, 2.75) is 19.0 Å². The maximum Gasteiger partial charge on any atom is 0.573 e. The number of nitrogens with one attached hydrogen (secondary N) is 1. The van der Waals surface area contributed by atoms with Crippen LogP contribution in [0.15, 0.2) is 42.6 Å². The first-order valence-corrected chi connectivity index (χ1v) is 9.66. The molecule has 174 valence electrons. The Kier molecular flexibility index (Phi) is 7.12. The molecule has 2 heterocycles. The molecule has 1 N–H and O–H groups in total. The number of aromatic nitrogens is 1. The Bertz CT molecular complexity index is 900. The van der Waals surface area contributed by atoms with Gasteiger partial charge in [-0.05, 0) is 42.8 Å². The second kappa shape index (κ2) is 9.63. The van der Waals surface area contributed by atoms with Gasteiger partial charge in [0.1, 0.15) is 11.6 Å². The molecule has 0 aliphatic carbocycles. The predicted molar refractivity (Wildman–Crippen MR) is 104 cm³/mol. The second-order valence-corrected chi connectivity index (χ2v) is 7.14. The van der Waals surface area contributed by atoms with Gasteiger partial charge in [0.05, 0.1) is 12.1 Å². The normalized spacial score (nSPS) is 15.9. The molecule has 1 fully saturated rings. The Morgan fingerprint density at radius 1 is 0.969 bits per heavy atom. The minimum atomic E-state index is -4.79. The number of rotatable bonds is 5. The highest BCUT2D eigenvalue weighted by Crippen LogP contribution is 2.29. The Morgan fingerprint density at radius 3 is 2.28 bits per heavy atom. The van der Waals surface area contributed by atoms with Crippen LogP contribution in [0.25, 0.3) is 0 Å². The summed E-state index contributed by atoms with van der Waals surface area (Å²) in [5.41, 5.74) is -0.484. The Labute approximate surface area is 179 Å². The fourth-order valence-electron chi connectivity index (χ4n) is 3.24. The van der Waals surface area contributed by atoms with E-state index in [0.29, 0.717) is 44.1 Å². The van der Waals surface area contributed by atoms with Crippen molar-refractivity contribution in [3.8, 4) is 5.75 Å². The lowest BCUT2D eigenvalue weighted by atomic mass is 10.2. The molecule has 1 saturated heterocycles. The topological polar surface area (TPSA) is 57.7 Å². The van der Waals surface area contributed by atoms with Crippen LogP contribution in [0.1, 0.15) is 12.0 Å². The van der Waals surface area contributed by atoms with E-state index >= 15 is 0 Å². The van der Waals surface area contributed by atoms with E-state index in [1.807, 2.05) is 9.80 Å². The molecular formula is C20H20F6N4O2. The standard InChI is InChI=1S/C20H20F6N4O2/c21-19(22,23)14-2-7-17(27-12-14)30-9-1-8-29(10-11-30)13-18(31)28-15-3-5-16(6-4-15)32-20(24,25)26/h2-7,12H,1,8-11,13H2,(H,28,31). The molecule has 6 nitrogen and oxygen atoms in total. The smallest absolute Gasteiger partial charge is 0.406 e. The van der Waals surface area contributed by atoms with Crippen molar-refractivity contribution in [3.63, 3.8) is 0 Å². The zero-order valence-corrected chi connectivity index (χ0v) is 16.7. The van der Waals surface area contributed by atoms with Gasteiger partial charge in [0.25, 0.3) is 0 Å². The number of ether oxygens (including phenoxy) is 1. The van der Waals surface area contributed by atoms with E-state index in [1.165, 1.54) is 18.2 Å². The van der Waals surface area contributed by atoms with Crippen LogP contribution < -0.4 is 15.0 Å². The van der Waals surface area contributed by atoms with Crippen LogP contribution in [0.2, 0.25) is 0 Å². The average Bonchev–Trinajstić information content (AvgIpc) is 2.93. The number of amides is 1. The molecule has 1 amide bonds. The van der Waals surface area contributed by atoms with E-state index in [4.69, 9.17) is 0 Å². The SMILES string of the molecule is O=C(CN1CCCN(c2ccc(C(F)(F)F)cn2)CC1)Nc1ccc(OC(F)(F)F)cc1. The lowest BCUT2D eigenvalue weighted by Crippen LogP contribution is -2.36. The van der Waals surface area contributed by atoms with E-state index in [0.717, 1.165) is 24.4 Å². The van der Waals surface area contributed by atoms with Crippen molar-refractivity contribution in [3.05, 3.63) is 48.2 Å². The van der Waals surface area contributed by atoms with Gasteiger partial charge in [-0.25, -0.2) is 4.98 Å². The molecule has 3 rings (SSSR count). The fraction of sp³-hybridized carbons (Fsp3) is 0.400. The molecule has 12 heteroatoms. The van der Waals surface area contributed by atoms with Gasteiger partial charge in [0.2, 0.25) is 5.91 Å². The van der Waals surface area contributed by atoms with Crippen LogP contribution in [-0.2, 0) is 11.0 Å². The monoisotopic (exact) mass is 462 g/mol. The molecule has 0 spiro atoms.